The van der Waals surface area contributed by atoms with Gasteiger partial charge in [-0.05, 0) is 208 Å². The van der Waals surface area contributed by atoms with Crippen molar-refractivity contribution in [3.8, 4) is 22.3 Å². The van der Waals surface area contributed by atoms with E-state index in [-0.39, 0.29) is 55.4 Å². The molecule has 0 radical (unpaired) electrons. The molecule has 19 nitrogen and oxygen atoms in total. The largest absolute Gasteiger partial charge is 0.458 e. The van der Waals surface area contributed by atoms with Crippen LogP contribution in [-0.4, -0.2) is 147 Å². The molecule has 0 aromatic heterocycles. The molecule has 508 valence electrons. The minimum atomic E-state index is -1.06. The molecule has 96 heavy (non-hydrogen) atoms. The summed E-state index contributed by atoms with van der Waals surface area (Å²) in [4.78, 5) is 137. The first kappa shape index (κ1) is 71.0. The van der Waals surface area contributed by atoms with Crippen LogP contribution in [0, 0.1) is 0 Å². The van der Waals surface area contributed by atoms with Crippen molar-refractivity contribution in [1.82, 2.24) is 14.7 Å². The van der Waals surface area contributed by atoms with Crippen LogP contribution in [0.3, 0.4) is 0 Å². The summed E-state index contributed by atoms with van der Waals surface area (Å²) in [6, 6.07) is 34.1. The van der Waals surface area contributed by atoms with Crippen LogP contribution in [0.4, 0.5) is 14.4 Å². The summed E-state index contributed by atoms with van der Waals surface area (Å²) in [5, 5.41) is 3.36. The number of ether oxygens (including phenoxy) is 6. The number of fused-ring (bicyclic) bond motifs is 2. The van der Waals surface area contributed by atoms with Gasteiger partial charge >= 0.3 is 36.2 Å². The van der Waals surface area contributed by atoms with Crippen molar-refractivity contribution in [3.05, 3.63) is 144 Å². The van der Waals surface area contributed by atoms with E-state index in [1.54, 1.807) is 118 Å². The van der Waals surface area contributed by atoms with Crippen molar-refractivity contribution in [3.63, 3.8) is 0 Å². The second kappa shape index (κ2) is 30.2. The van der Waals surface area contributed by atoms with Gasteiger partial charge in [-0.3, -0.25) is 33.9 Å². The minimum absolute atomic E-state index is 0.0908. The molecular weight excluding hydrogens is 1220 g/mol. The number of piperidine rings is 3. The summed E-state index contributed by atoms with van der Waals surface area (Å²) >= 11 is 0. The van der Waals surface area contributed by atoms with Gasteiger partial charge in [-0.15, -0.1) is 0 Å². The van der Waals surface area contributed by atoms with Gasteiger partial charge in [0.2, 0.25) is 0 Å². The van der Waals surface area contributed by atoms with Gasteiger partial charge in [-0.25, -0.2) is 28.8 Å². The fraction of sp³-hybridized carbons (Fsp3) is 0.455. The monoisotopic (exact) mass is 1310 g/mol. The Morgan fingerprint density at radius 3 is 1.03 bits per heavy atom. The second-order valence-corrected chi connectivity index (χ2v) is 28.5. The first-order valence-electron chi connectivity index (χ1n) is 33.4. The summed E-state index contributed by atoms with van der Waals surface area (Å²) < 4.78 is 34.0. The average molecular weight is 1310 g/mol. The van der Waals surface area contributed by atoms with Gasteiger partial charge in [0.25, 0.3) is 0 Å². The number of esters is 3. The van der Waals surface area contributed by atoms with Gasteiger partial charge in [0, 0.05) is 54.7 Å². The van der Waals surface area contributed by atoms with E-state index in [0.29, 0.717) is 67.4 Å². The Kier molecular flexibility index (Phi) is 22.4. The predicted octanol–water partition coefficient (Wildman–Crippen LogP) is 15.1. The highest BCUT2D eigenvalue weighted by atomic mass is 16.6. The maximum atomic E-state index is 13.9. The third-order valence-electron chi connectivity index (χ3n) is 17.6. The standard InChI is InChI=1S/C77H89N3O16/c1-74(2,3)94-71(88)78-40-14-11-17-61(78)68(85)91-47-66(83)59-34-32-55-43-53(28-30-57(55)45-59)49-20-24-51(25-21-49)64(81)36-38-76(7,8)93-70(87)63-19-13-16-42-80(63)73(90)96-77(9,10)39-37-65(82)52-26-22-50(23-27-52)54-29-31-58-46-60(35-33-56(58)44-54)67(84)48-92-69(86)62-18-12-15-41-79(62)72(89)95-75(4,5)6/h20-35,43-46,61-63H,11-19,36-42,47-48H2,1-10H3. The molecule has 19 heteroatoms. The van der Waals surface area contributed by atoms with E-state index in [1.807, 2.05) is 72.8 Å². The van der Waals surface area contributed by atoms with E-state index < -0.39 is 89.9 Å². The Labute approximate surface area is 561 Å². The lowest BCUT2D eigenvalue weighted by atomic mass is 9.95. The first-order valence-corrected chi connectivity index (χ1v) is 33.4. The van der Waals surface area contributed by atoms with Crippen molar-refractivity contribution >= 4 is 80.9 Å². The summed E-state index contributed by atoms with van der Waals surface area (Å²) in [5.41, 5.74) is 1.72. The molecule has 9 rings (SSSR count). The van der Waals surface area contributed by atoms with E-state index in [0.717, 1.165) is 69.5 Å². The molecule has 6 aromatic rings. The Morgan fingerprint density at radius 2 is 0.656 bits per heavy atom. The summed E-state index contributed by atoms with van der Waals surface area (Å²) in [7, 11) is 0. The van der Waals surface area contributed by atoms with Crippen molar-refractivity contribution in [2.24, 2.45) is 0 Å². The lowest BCUT2D eigenvalue weighted by Gasteiger charge is -2.37. The average Bonchev–Trinajstić information content (AvgIpc) is 0.835. The number of Topliss-reactive ketones (excluding diaryl/α,β-unsaturated/α-hetero) is 4. The summed E-state index contributed by atoms with van der Waals surface area (Å²) in [6.07, 6.45) is 4.35. The maximum Gasteiger partial charge on any atom is 0.411 e. The Bertz CT molecular complexity index is 3660. The van der Waals surface area contributed by atoms with Crippen LogP contribution in [0.5, 0.6) is 0 Å². The molecule has 0 saturated carbocycles. The Morgan fingerprint density at radius 1 is 0.344 bits per heavy atom. The Hall–Kier alpha value is -9.26. The van der Waals surface area contributed by atoms with Crippen LogP contribution in [0.1, 0.15) is 194 Å². The van der Waals surface area contributed by atoms with Crippen LogP contribution in [0.2, 0.25) is 0 Å². The molecule has 3 amide bonds. The summed E-state index contributed by atoms with van der Waals surface area (Å²) in [6.45, 7) is 17.6. The molecule has 0 N–H and O–H groups in total. The molecule has 0 bridgehead atoms. The van der Waals surface area contributed by atoms with E-state index in [9.17, 15) is 47.9 Å². The van der Waals surface area contributed by atoms with Crippen molar-refractivity contribution in [1.29, 1.82) is 0 Å². The molecule has 3 aliphatic heterocycles. The lowest BCUT2D eigenvalue weighted by molar-refractivity contribution is -0.164. The number of carbonyl (C=O) groups excluding carboxylic acids is 10. The summed E-state index contributed by atoms with van der Waals surface area (Å²) in [5.74, 6) is -2.87. The number of nitrogens with zero attached hydrogens (tertiary/aromatic N) is 3. The molecule has 3 fully saturated rings. The van der Waals surface area contributed by atoms with Gasteiger partial charge in [-0.2, -0.15) is 0 Å². The van der Waals surface area contributed by atoms with Crippen LogP contribution in [0.25, 0.3) is 43.8 Å². The number of benzene rings is 6. The lowest BCUT2D eigenvalue weighted by Crippen LogP contribution is -2.51. The van der Waals surface area contributed by atoms with E-state index >= 15 is 0 Å². The molecule has 0 aliphatic carbocycles. The maximum absolute atomic E-state index is 13.9. The van der Waals surface area contributed by atoms with E-state index in [4.69, 9.17) is 28.4 Å². The third-order valence-corrected chi connectivity index (χ3v) is 17.6. The topological polar surface area (TPSA) is 236 Å². The molecule has 3 unspecified atom stereocenters. The van der Waals surface area contributed by atoms with Gasteiger partial charge in [-0.1, -0.05) is 97.1 Å². The highest BCUT2D eigenvalue weighted by molar-refractivity contribution is 6.04. The SMILES string of the molecule is CC(C)(C)OC(=O)N1CCCCC1C(=O)OCC(=O)c1ccc2cc(-c3ccc(C(=O)CCC(C)(C)OC(=O)C4CCCCN4C(=O)OC(C)(C)CCC(=O)c4ccc(-c5ccc6cc(C(=O)COC(=O)C7CCCCN7C(=O)OC(C)(C)C)ccc6c5)cc4)cc3)ccc2c1. The molecule has 3 aliphatic rings. The molecular formula is C77H89N3O16. The second-order valence-electron chi connectivity index (χ2n) is 28.5. The zero-order chi connectivity index (χ0) is 69.3. The normalized spacial score (nSPS) is 17.1. The highest BCUT2D eigenvalue weighted by Crippen LogP contribution is 2.32. The van der Waals surface area contributed by atoms with Crippen LogP contribution in [-0.2, 0) is 42.8 Å². The fourth-order valence-corrected chi connectivity index (χ4v) is 12.2. The van der Waals surface area contributed by atoms with Gasteiger partial charge in [0.05, 0.1) is 0 Å². The molecule has 3 saturated heterocycles. The molecule has 3 atom stereocenters. The quantitative estimate of drug-likeness (QED) is 0.0370. The van der Waals surface area contributed by atoms with Crippen molar-refractivity contribution in [2.45, 2.75) is 193 Å². The van der Waals surface area contributed by atoms with Crippen molar-refractivity contribution in [2.75, 3.05) is 32.8 Å². The first-order chi connectivity index (χ1) is 45.4. The van der Waals surface area contributed by atoms with Crippen LogP contribution < -0.4 is 0 Å². The fourth-order valence-electron chi connectivity index (χ4n) is 12.2. The zero-order valence-corrected chi connectivity index (χ0v) is 56.9. The van der Waals surface area contributed by atoms with E-state index in [2.05, 4.69) is 0 Å². The number of likely N-dealkylation sites (tertiary alicyclic amines) is 3. The molecule has 6 aromatic carbocycles. The smallest absolute Gasteiger partial charge is 0.411 e. The predicted molar refractivity (Wildman–Crippen MR) is 363 cm³/mol. The Balaban J connectivity index is 0.707. The van der Waals surface area contributed by atoms with Crippen LogP contribution >= 0.6 is 0 Å². The van der Waals surface area contributed by atoms with E-state index in [1.165, 1.54) is 14.7 Å². The number of rotatable bonds is 21. The van der Waals surface area contributed by atoms with Gasteiger partial charge in [0.15, 0.2) is 36.3 Å². The van der Waals surface area contributed by atoms with Crippen LogP contribution in [0.15, 0.2) is 121 Å². The number of carbonyl (C=O) groups is 10. The van der Waals surface area contributed by atoms with Crippen molar-refractivity contribution < 1.29 is 76.4 Å². The number of hydrogen-bond acceptors (Lipinski definition) is 16. The highest BCUT2D eigenvalue weighted by Gasteiger charge is 2.41. The zero-order valence-electron chi connectivity index (χ0n) is 56.9. The van der Waals surface area contributed by atoms with Gasteiger partial charge in [0.1, 0.15) is 40.5 Å². The number of hydrogen-bond donors (Lipinski definition) is 0. The molecule has 3 heterocycles. The minimum Gasteiger partial charge on any atom is -0.458 e. The number of amides is 3. The molecule has 0 spiro atoms. The third kappa shape index (κ3) is 18.8. The number of ketones is 4. The van der Waals surface area contributed by atoms with Gasteiger partial charge < -0.3 is 28.4 Å².